The molecule has 22 heavy (non-hydrogen) atoms. The highest BCUT2D eigenvalue weighted by Crippen LogP contribution is 2.18. The zero-order valence-electron chi connectivity index (χ0n) is 13.3. The average molecular weight is 300 g/mol. The molecule has 0 unspecified atom stereocenters. The second kappa shape index (κ2) is 9.20. The molecule has 0 aromatic heterocycles. The molecule has 0 saturated heterocycles. The molecular weight excluding hydrogens is 276 g/mol. The molecule has 0 amide bonds. The number of benzene rings is 2. The Labute approximate surface area is 132 Å². The summed E-state index contributed by atoms with van der Waals surface area (Å²) >= 11 is 0. The summed E-state index contributed by atoms with van der Waals surface area (Å²) in [6.07, 6.45) is 0. The Hall–Kier alpha value is -1.88. The smallest absolute Gasteiger partial charge is 0.189 e. The van der Waals surface area contributed by atoms with Gasteiger partial charge in [-0.3, -0.25) is 0 Å². The van der Waals surface area contributed by atoms with Crippen LogP contribution >= 0.6 is 0 Å². The molecule has 0 aliphatic heterocycles. The molecule has 0 saturated carbocycles. The van der Waals surface area contributed by atoms with Crippen molar-refractivity contribution in [2.75, 3.05) is 20.9 Å². The fourth-order valence-electron chi connectivity index (χ4n) is 2.27. The van der Waals surface area contributed by atoms with E-state index >= 15 is 0 Å². The van der Waals surface area contributed by atoms with E-state index in [0.29, 0.717) is 6.61 Å². The first kappa shape index (κ1) is 16.5. The van der Waals surface area contributed by atoms with Crippen molar-refractivity contribution in [2.24, 2.45) is 0 Å². The maximum absolute atomic E-state index is 5.72. The topological polar surface area (TPSA) is 42.5 Å². The van der Waals surface area contributed by atoms with Crippen molar-refractivity contribution in [3.05, 3.63) is 65.2 Å². The molecule has 2 aromatic carbocycles. The van der Waals surface area contributed by atoms with Crippen LogP contribution in [0, 0.1) is 0 Å². The molecule has 0 aliphatic rings. The van der Waals surface area contributed by atoms with Crippen LogP contribution in [0.15, 0.2) is 48.5 Å². The molecule has 2 rings (SSSR count). The molecular formula is C18H24N2O2. The molecule has 0 atom stereocenters. The van der Waals surface area contributed by atoms with Crippen molar-refractivity contribution in [1.82, 2.24) is 10.6 Å². The van der Waals surface area contributed by atoms with E-state index in [9.17, 15) is 0 Å². The van der Waals surface area contributed by atoms with Gasteiger partial charge in [-0.05, 0) is 42.9 Å². The van der Waals surface area contributed by atoms with Crippen LogP contribution in [0.1, 0.15) is 16.7 Å². The highest BCUT2D eigenvalue weighted by atomic mass is 16.7. The number of rotatable bonds is 9. The van der Waals surface area contributed by atoms with Crippen molar-refractivity contribution in [3.63, 3.8) is 0 Å². The van der Waals surface area contributed by atoms with E-state index in [4.69, 9.17) is 9.47 Å². The van der Waals surface area contributed by atoms with E-state index in [-0.39, 0.29) is 6.79 Å². The van der Waals surface area contributed by atoms with Gasteiger partial charge in [-0.2, -0.15) is 0 Å². The maximum atomic E-state index is 5.72. The fraction of sp³-hybridized carbons (Fsp3) is 0.333. The van der Waals surface area contributed by atoms with Crippen molar-refractivity contribution < 1.29 is 9.47 Å². The summed E-state index contributed by atoms with van der Waals surface area (Å²) in [5.74, 6) is 0.839. The van der Waals surface area contributed by atoms with E-state index in [1.54, 1.807) is 0 Å². The van der Waals surface area contributed by atoms with Gasteiger partial charge in [-0.25, -0.2) is 0 Å². The van der Waals surface area contributed by atoms with Gasteiger partial charge >= 0.3 is 0 Å². The second-order valence-electron chi connectivity index (χ2n) is 5.14. The van der Waals surface area contributed by atoms with Crippen LogP contribution in [0.3, 0.4) is 0 Å². The first-order valence-corrected chi connectivity index (χ1v) is 7.48. The molecule has 0 bridgehead atoms. The molecule has 4 heteroatoms. The molecule has 0 heterocycles. The minimum absolute atomic E-state index is 0.247. The summed E-state index contributed by atoms with van der Waals surface area (Å²) in [5, 5.41) is 6.32. The van der Waals surface area contributed by atoms with Gasteiger partial charge in [0.15, 0.2) is 6.79 Å². The summed E-state index contributed by atoms with van der Waals surface area (Å²) in [5.41, 5.74) is 3.55. The van der Waals surface area contributed by atoms with Crippen molar-refractivity contribution >= 4 is 0 Å². The lowest BCUT2D eigenvalue weighted by Crippen LogP contribution is -2.10. The van der Waals surface area contributed by atoms with E-state index in [2.05, 4.69) is 16.7 Å². The van der Waals surface area contributed by atoms with Gasteiger partial charge < -0.3 is 20.1 Å². The van der Waals surface area contributed by atoms with Gasteiger partial charge in [-0.1, -0.05) is 36.4 Å². The zero-order valence-corrected chi connectivity index (χ0v) is 13.3. The van der Waals surface area contributed by atoms with Crippen LogP contribution in [-0.2, 0) is 24.4 Å². The van der Waals surface area contributed by atoms with Crippen molar-refractivity contribution in [2.45, 2.75) is 19.7 Å². The monoisotopic (exact) mass is 300 g/mol. The summed E-state index contributed by atoms with van der Waals surface area (Å²) in [6, 6.07) is 16.3. The van der Waals surface area contributed by atoms with E-state index in [1.165, 1.54) is 11.1 Å². The highest BCUT2D eigenvalue weighted by Gasteiger charge is 2.02. The van der Waals surface area contributed by atoms with Crippen LogP contribution in [-0.4, -0.2) is 20.9 Å². The molecule has 4 nitrogen and oxygen atoms in total. The second-order valence-corrected chi connectivity index (χ2v) is 5.14. The van der Waals surface area contributed by atoms with Gasteiger partial charge in [0.05, 0.1) is 6.61 Å². The first-order chi connectivity index (χ1) is 10.8. The quantitative estimate of drug-likeness (QED) is 0.552. The Bertz CT molecular complexity index is 534. The lowest BCUT2D eigenvalue weighted by Gasteiger charge is -2.11. The highest BCUT2D eigenvalue weighted by molar-refractivity contribution is 5.34. The predicted octanol–water partition coefficient (Wildman–Crippen LogP) is 2.68. The van der Waals surface area contributed by atoms with Crippen molar-refractivity contribution in [1.29, 1.82) is 0 Å². The number of ether oxygens (including phenoxy) is 2. The van der Waals surface area contributed by atoms with Gasteiger partial charge in [0.2, 0.25) is 0 Å². The zero-order chi connectivity index (χ0) is 15.6. The summed E-state index contributed by atoms with van der Waals surface area (Å²) < 4.78 is 11.3. The third-order valence-corrected chi connectivity index (χ3v) is 3.21. The lowest BCUT2D eigenvalue weighted by molar-refractivity contribution is 0.00497. The number of hydrogen-bond donors (Lipinski definition) is 2. The third kappa shape index (κ3) is 5.48. The van der Waals surface area contributed by atoms with Crippen LogP contribution in [0.2, 0.25) is 0 Å². The minimum Gasteiger partial charge on any atom is -0.468 e. The largest absolute Gasteiger partial charge is 0.468 e. The first-order valence-electron chi connectivity index (χ1n) is 7.48. The Morgan fingerprint density at radius 3 is 2.05 bits per heavy atom. The van der Waals surface area contributed by atoms with Gasteiger partial charge in [0, 0.05) is 13.1 Å². The SMILES string of the molecule is CNCc1cc(CNC)cc(OCOCc2ccccc2)c1. The van der Waals surface area contributed by atoms with Gasteiger partial charge in [-0.15, -0.1) is 0 Å². The third-order valence-electron chi connectivity index (χ3n) is 3.21. The van der Waals surface area contributed by atoms with Crippen molar-refractivity contribution in [3.8, 4) is 5.75 Å². The summed E-state index contributed by atoms with van der Waals surface area (Å²) in [7, 11) is 3.88. The number of hydrogen-bond acceptors (Lipinski definition) is 4. The van der Waals surface area contributed by atoms with E-state index in [0.717, 1.165) is 24.4 Å². The minimum atomic E-state index is 0.247. The normalized spacial score (nSPS) is 10.6. The Morgan fingerprint density at radius 2 is 1.45 bits per heavy atom. The molecule has 0 aliphatic carbocycles. The predicted molar refractivity (Wildman–Crippen MR) is 88.7 cm³/mol. The Morgan fingerprint density at radius 1 is 0.818 bits per heavy atom. The van der Waals surface area contributed by atoms with Crippen LogP contribution < -0.4 is 15.4 Å². The fourth-order valence-corrected chi connectivity index (χ4v) is 2.27. The standard InChI is InChI=1S/C18H24N2O2/c1-19-11-16-8-17(12-20-2)10-18(9-16)22-14-21-13-15-6-4-3-5-7-15/h3-10,19-20H,11-14H2,1-2H3. The molecule has 0 fully saturated rings. The summed E-state index contributed by atoms with van der Waals surface area (Å²) in [4.78, 5) is 0. The summed E-state index contributed by atoms with van der Waals surface area (Å²) in [6.45, 7) is 2.44. The molecule has 2 aromatic rings. The van der Waals surface area contributed by atoms with E-state index < -0.39 is 0 Å². The molecule has 2 N–H and O–H groups in total. The van der Waals surface area contributed by atoms with E-state index in [1.807, 2.05) is 56.6 Å². The van der Waals surface area contributed by atoms with Crippen LogP contribution in [0.4, 0.5) is 0 Å². The Balaban J connectivity index is 1.88. The maximum Gasteiger partial charge on any atom is 0.189 e. The molecule has 118 valence electrons. The van der Waals surface area contributed by atoms with Crippen LogP contribution in [0.25, 0.3) is 0 Å². The molecule has 0 spiro atoms. The Kier molecular flexibility index (Phi) is 6.90. The van der Waals surface area contributed by atoms with Gasteiger partial charge in [0.25, 0.3) is 0 Å². The van der Waals surface area contributed by atoms with Crippen LogP contribution in [0.5, 0.6) is 5.75 Å². The number of nitrogens with one attached hydrogen (secondary N) is 2. The molecule has 0 radical (unpaired) electrons. The average Bonchev–Trinajstić information content (AvgIpc) is 2.53. The lowest BCUT2D eigenvalue weighted by atomic mass is 10.1. The van der Waals surface area contributed by atoms with Gasteiger partial charge in [0.1, 0.15) is 5.75 Å².